The molecule has 1 aromatic rings. The van der Waals surface area contributed by atoms with Gasteiger partial charge in [-0.05, 0) is 24.3 Å². The molecule has 4 nitrogen and oxygen atoms in total. The van der Waals surface area contributed by atoms with Crippen LogP contribution in [0.15, 0.2) is 10.8 Å². The monoisotopic (exact) mass is 242 g/mol. The molecule has 0 aromatic carbocycles. The fraction of sp³-hybridized carbons (Fsp3) is 0.455. The van der Waals surface area contributed by atoms with Gasteiger partial charge in [0.2, 0.25) is 0 Å². The first-order valence-corrected chi connectivity index (χ1v) is 5.86. The Morgan fingerprint density at radius 3 is 2.56 bits per heavy atom. The van der Waals surface area contributed by atoms with Crippen molar-refractivity contribution in [2.75, 3.05) is 7.11 Å². The Hall–Kier alpha value is -1.36. The Morgan fingerprint density at radius 2 is 2.12 bits per heavy atom. The van der Waals surface area contributed by atoms with Gasteiger partial charge in [0.25, 0.3) is 0 Å². The number of carbonyl (C=O) groups is 2. The molecular formula is C11H14O4S. The van der Waals surface area contributed by atoms with Crippen molar-refractivity contribution in [1.29, 1.82) is 0 Å². The van der Waals surface area contributed by atoms with Gasteiger partial charge in [0.1, 0.15) is 0 Å². The zero-order chi connectivity index (χ0) is 12.1. The number of ether oxygens (including phenoxy) is 2. The number of methoxy groups -OCH3 is 1. The second-order valence-electron chi connectivity index (χ2n) is 3.29. The van der Waals surface area contributed by atoms with E-state index in [2.05, 4.69) is 4.74 Å². The van der Waals surface area contributed by atoms with E-state index in [-0.39, 0.29) is 0 Å². The van der Waals surface area contributed by atoms with E-state index >= 15 is 0 Å². The molecule has 1 heterocycles. The van der Waals surface area contributed by atoms with Crippen LogP contribution >= 0.6 is 11.3 Å². The summed E-state index contributed by atoms with van der Waals surface area (Å²) in [4.78, 5) is 22.9. The largest absolute Gasteiger partial charge is 0.466 e. The Kier molecular flexibility index (Phi) is 4.49. The van der Waals surface area contributed by atoms with Crippen LogP contribution in [0, 0.1) is 6.92 Å². The van der Waals surface area contributed by atoms with Crippen LogP contribution in [0.3, 0.4) is 0 Å². The van der Waals surface area contributed by atoms with Gasteiger partial charge in [-0.15, -0.1) is 0 Å². The molecule has 0 saturated heterocycles. The lowest BCUT2D eigenvalue weighted by atomic mass is 10.2. The van der Waals surface area contributed by atoms with Crippen molar-refractivity contribution < 1.29 is 19.1 Å². The SMILES string of the molecule is CC[C@@H](OC(=O)c1cscc1C)C(=O)OC. The number of carbonyl (C=O) groups excluding carboxylic acids is 2. The average Bonchev–Trinajstić information content (AvgIpc) is 2.71. The molecule has 0 aliphatic heterocycles. The molecule has 0 radical (unpaired) electrons. The molecule has 0 spiro atoms. The Bertz CT molecular complexity index is 383. The quantitative estimate of drug-likeness (QED) is 0.759. The number of thiophene rings is 1. The van der Waals surface area contributed by atoms with Crippen LogP contribution in [0.4, 0.5) is 0 Å². The van der Waals surface area contributed by atoms with Crippen molar-refractivity contribution in [3.05, 3.63) is 21.9 Å². The number of rotatable bonds is 4. The predicted octanol–water partition coefficient (Wildman–Crippen LogP) is 2.16. The molecule has 1 rings (SSSR count). The Balaban J connectivity index is 2.70. The van der Waals surface area contributed by atoms with Crippen LogP contribution in [-0.2, 0) is 14.3 Å². The minimum absolute atomic E-state index is 0.404. The van der Waals surface area contributed by atoms with Gasteiger partial charge in [0, 0.05) is 5.38 Å². The van der Waals surface area contributed by atoms with Crippen LogP contribution < -0.4 is 0 Å². The molecule has 88 valence electrons. The highest BCUT2D eigenvalue weighted by Gasteiger charge is 2.23. The lowest BCUT2D eigenvalue weighted by Gasteiger charge is -2.13. The summed E-state index contributed by atoms with van der Waals surface area (Å²) in [5.74, 6) is -1.00. The number of aryl methyl sites for hydroxylation is 1. The summed E-state index contributed by atoms with van der Waals surface area (Å²) in [5, 5.41) is 3.57. The number of hydrogen-bond donors (Lipinski definition) is 0. The fourth-order valence-electron chi connectivity index (χ4n) is 1.19. The summed E-state index contributed by atoms with van der Waals surface area (Å²) in [7, 11) is 1.27. The lowest BCUT2D eigenvalue weighted by Crippen LogP contribution is -2.27. The second kappa shape index (κ2) is 5.65. The molecule has 5 heteroatoms. The third-order valence-corrected chi connectivity index (χ3v) is 3.02. The first kappa shape index (κ1) is 12.7. The first-order valence-electron chi connectivity index (χ1n) is 4.91. The van der Waals surface area contributed by atoms with E-state index in [1.807, 2.05) is 12.3 Å². The third-order valence-electron chi connectivity index (χ3n) is 2.16. The molecule has 0 aliphatic carbocycles. The van der Waals surface area contributed by atoms with Gasteiger partial charge in [-0.1, -0.05) is 6.92 Å². The van der Waals surface area contributed by atoms with Crippen LogP contribution in [0.1, 0.15) is 29.3 Å². The fourth-order valence-corrected chi connectivity index (χ4v) is 2.01. The maximum atomic E-state index is 11.7. The number of hydrogen-bond acceptors (Lipinski definition) is 5. The molecule has 0 bridgehead atoms. The van der Waals surface area contributed by atoms with E-state index in [0.717, 1.165) is 5.56 Å². The van der Waals surface area contributed by atoms with Gasteiger partial charge in [-0.25, -0.2) is 9.59 Å². The zero-order valence-electron chi connectivity index (χ0n) is 9.48. The molecule has 0 aliphatic rings. The summed E-state index contributed by atoms with van der Waals surface area (Å²) < 4.78 is 9.61. The van der Waals surface area contributed by atoms with Crippen molar-refractivity contribution in [2.24, 2.45) is 0 Å². The summed E-state index contributed by atoms with van der Waals surface area (Å²) in [5.41, 5.74) is 1.36. The molecule has 0 amide bonds. The highest BCUT2D eigenvalue weighted by atomic mass is 32.1. The third kappa shape index (κ3) is 2.82. The molecule has 0 N–H and O–H groups in total. The van der Waals surface area contributed by atoms with Crippen molar-refractivity contribution in [2.45, 2.75) is 26.4 Å². The van der Waals surface area contributed by atoms with Gasteiger partial charge in [0.05, 0.1) is 12.7 Å². The highest BCUT2D eigenvalue weighted by Crippen LogP contribution is 2.16. The second-order valence-corrected chi connectivity index (χ2v) is 4.04. The van der Waals surface area contributed by atoms with Gasteiger partial charge in [-0.3, -0.25) is 0 Å². The summed E-state index contributed by atoms with van der Waals surface area (Å²) >= 11 is 1.43. The van der Waals surface area contributed by atoms with Crippen LogP contribution in [-0.4, -0.2) is 25.2 Å². The molecule has 1 aromatic heterocycles. The van der Waals surface area contributed by atoms with Gasteiger partial charge in [0.15, 0.2) is 6.10 Å². The van der Waals surface area contributed by atoms with Gasteiger partial charge < -0.3 is 9.47 Å². The van der Waals surface area contributed by atoms with Crippen molar-refractivity contribution in [1.82, 2.24) is 0 Å². The summed E-state index contributed by atoms with van der Waals surface area (Å²) in [6.45, 7) is 3.58. The normalized spacial score (nSPS) is 11.9. The van der Waals surface area contributed by atoms with Gasteiger partial charge >= 0.3 is 11.9 Å². The zero-order valence-corrected chi connectivity index (χ0v) is 10.3. The highest BCUT2D eigenvalue weighted by molar-refractivity contribution is 7.08. The Morgan fingerprint density at radius 1 is 1.44 bits per heavy atom. The van der Waals surface area contributed by atoms with Crippen molar-refractivity contribution in [3.8, 4) is 0 Å². The van der Waals surface area contributed by atoms with Crippen LogP contribution in [0.2, 0.25) is 0 Å². The maximum absolute atomic E-state index is 11.7. The maximum Gasteiger partial charge on any atom is 0.347 e. The summed E-state index contributed by atoms with van der Waals surface area (Å²) in [6.07, 6.45) is -0.418. The van der Waals surface area contributed by atoms with Crippen LogP contribution in [0.5, 0.6) is 0 Å². The van der Waals surface area contributed by atoms with Crippen LogP contribution in [0.25, 0.3) is 0 Å². The van der Waals surface area contributed by atoms with E-state index in [0.29, 0.717) is 12.0 Å². The topological polar surface area (TPSA) is 52.6 Å². The van der Waals surface area contributed by atoms with E-state index in [9.17, 15) is 9.59 Å². The van der Waals surface area contributed by atoms with Crippen molar-refractivity contribution >= 4 is 23.3 Å². The minimum atomic E-state index is -0.822. The molecular weight excluding hydrogens is 228 g/mol. The van der Waals surface area contributed by atoms with Crippen molar-refractivity contribution in [3.63, 3.8) is 0 Å². The molecule has 1 atom stereocenters. The molecule has 0 saturated carbocycles. The van der Waals surface area contributed by atoms with E-state index in [1.165, 1.54) is 18.4 Å². The van der Waals surface area contributed by atoms with E-state index < -0.39 is 18.0 Å². The molecule has 0 fully saturated rings. The Labute approximate surface area is 98.2 Å². The van der Waals surface area contributed by atoms with E-state index in [1.54, 1.807) is 12.3 Å². The van der Waals surface area contributed by atoms with E-state index in [4.69, 9.17) is 4.74 Å². The predicted molar refractivity (Wildman–Crippen MR) is 60.6 cm³/mol. The molecule has 16 heavy (non-hydrogen) atoms. The van der Waals surface area contributed by atoms with Gasteiger partial charge in [-0.2, -0.15) is 11.3 Å². The number of esters is 2. The summed E-state index contributed by atoms with van der Waals surface area (Å²) in [6, 6.07) is 0. The standard InChI is InChI=1S/C11H14O4S/c1-4-9(11(13)14-3)15-10(12)8-6-16-5-7(8)2/h5-6,9H,4H2,1-3H3/t9-/m1/s1. The molecule has 0 unspecified atom stereocenters. The smallest absolute Gasteiger partial charge is 0.347 e. The lowest BCUT2D eigenvalue weighted by molar-refractivity contribution is -0.151. The minimum Gasteiger partial charge on any atom is -0.466 e. The average molecular weight is 242 g/mol. The first-order chi connectivity index (χ1) is 7.60.